The summed E-state index contributed by atoms with van der Waals surface area (Å²) in [7, 11) is 2.67. The normalized spacial score (nSPS) is 28.2. The van der Waals surface area contributed by atoms with Crippen LogP contribution in [0.25, 0.3) is 0 Å². The summed E-state index contributed by atoms with van der Waals surface area (Å²) in [5, 5.41) is 8.36. The molecule has 9 heavy (non-hydrogen) atoms. The zero-order valence-corrected chi connectivity index (χ0v) is 6.53. The molecule has 2 nitrogen and oxygen atoms in total. The zero-order valence-electron chi connectivity index (χ0n) is 5.38. The Bertz CT molecular complexity index is 130. The monoisotopic (exact) mass is 142 g/mol. The molecule has 50 valence electrons. The fraction of sp³-hybridized carbons (Fsp3) is 0.833. The summed E-state index contributed by atoms with van der Waals surface area (Å²) in [6, 6.07) is 2.70. The first kappa shape index (κ1) is 6.99. The van der Waals surface area contributed by atoms with Gasteiger partial charge in [-0.05, 0) is 12.8 Å². The van der Waals surface area contributed by atoms with Gasteiger partial charge in [0.15, 0.2) is 0 Å². The van der Waals surface area contributed by atoms with E-state index in [1.54, 1.807) is 0 Å². The Labute approximate surface area is 58.1 Å². The molecule has 2 unspecified atom stereocenters. The van der Waals surface area contributed by atoms with Crippen LogP contribution in [-0.2, 0) is 0 Å². The standard InChI is InChI=1S/C6H11N2P/c7-4-3-6-2-1-5-8(6)9/h6H,1-3,5,9H2. The molecule has 0 aromatic heterocycles. The van der Waals surface area contributed by atoms with Crippen molar-refractivity contribution in [2.45, 2.75) is 25.3 Å². The van der Waals surface area contributed by atoms with Gasteiger partial charge in [0.25, 0.3) is 0 Å². The summed E-state index contributed by atoms with van der Waals surface area (Å²) in [4.78, 5) is 0. The van der Waals surface area contributed by atoms with Gasteiger partial charge in [-0.25, -0.2) is 0 Å². The highest BCUT2D eigenvalue weighted by atomic mass is 31.0. The van der Waals surface area contributed by atoms with Gasteiger partial charge in [-0.2, -0.15) is 5.26 Å². The third kappa shape index (κ3) is 1.64. The Morgan fingerprint density at radius 3 is 3.00 bits per heavy atom. The maximum absolute atomic E-state index is 8.36. The molecule has 0 spiro atoms. The van der Waals surface area contributed by atoms with Crippen LogP contribution in [0.4, 0.5) is 0 Å². The van der Waals surface area contributed by atoms with E-state index in [2.05, 4.69) is 20.1 Å². The van der Waals surface area contributed by atoms with Crippen molar-refractivity contribution in [1.29, 1.82) is 5.26 Å². The Balaban J connectivity index is 2.33. The molecule has 0 aliphatic carbocycles. The summed E-state index contributed by atoms with van der Waals surface area (Å²) in [5.41, 5.74) is 0. The predicted molar refractivity (Wildman–Crippen MR) is 39.7 cm³/mol. The maximum atomic E-state index is 8.36. The van der Waals surface area contributed by atoms with E-state index in [9.17, 15) is 0 Å². The highest BCUT2D eigenvalue weighted by Crippen LogP contribution is 2.22. The highest BCUT2D eigenvalue weighted by molar-refractivity contribution is 7.13. The van der Waals surface area contributed by atoms with Crippen LogP contribution in [0.2, 0.25) is 0 Å². The zero-order chi connectivity index (χ0) is 6.69. The second-order valence-corrected chi connectivity index (χ2v) is 3.06. The molecule has 0 amide bonds. The average molecular weight is 142 g/mol. The molecule has 1 rings (SSSR count). The molecule has 1 aliphatic rings. The lowest BCUT2D eigenvalue weighted by Crippen LogP contribution is -2.17. The molecule has 1 saturated heterocycles. The Hall–Kier alpha value is -0.120. The van der Waals surface area contributed by atoms with Crippen molar-refractivity contribution >= 4 is 9.39 Å². The van der Waals surface area contributed by atoms with Gasteiger partial charge in [-0.1, -0.05) is 9.39 Å². The van der Waals surface area contributed by atoms with Gasteiger partial charge in [-0.3, -0.25) is 4.67 Å². The lowest BCUT2D eigenvalue weighted by Gasteiger charge is -2.14. The van der Waals surface area contributed by atoms with Crippen LogP contribution < -0.4 is 0 Å². The fourth-order valence-corrected chi connectivity index (χ4v) is 1.62. The van der Waals surface area contributed by atoms with Crippen LogP contribution in [0.15, 0.2) is 0 Å². The van der Waals surface area contributed by atoms with E-state index in [-0.39, 0.29) is 0 Å². The van der Waals surface area contributed by atoms with Crippen LogP contribution in [-0.4, -0.2) is 17.3 Å². The third-order valence-electron chi connectivity index (χ3n) is 1.75. The minimum atomic E-state index is 0.514. The van der Waals surface area contributed by atoms with Gasteiger partial charge >= 0.3 is 0 Å². The molecule has 1 aliphatic heterocycles. The van der Waals surface area contributed by atoms with E-state index in [1.165, 1.54) is 12.8 Å². The van der Waals surface area contributed by atoms with Crippen LogP contribution in [0, 0.1) is 11.3 Å². The van der Waals surface area contributed by atoms with Crippen molar-refractivity contribution in [3.05, 3.63) is 0 Å². The molecule has 0 saturated carbocycles. The second kappa shape index (κ2) is 3.15. The molecule has 1 fully saturated rings. The van der Waals surface area contributed by atoms with Gasteiger partial charge in [0.05, 0.1) is 12.5 Å². The summed E-state index contributed by atoms with van der Waals surface area (Å²) in [6.45, 7) is 1.14. The largest absolute Gasteiger partial charge is 0.283 e. The summed E-state index contributed by atoms with van der Waals surface area (Å²) in [6.07, 6.45) is 3.12. The molecule has 0 aromatic carbocycles. The summed E-state index contributed by atoms with van der Waals surface area (Å²) < 4.78 is 2.18. The van der Waals surface area contributed by atoms with Crippen molar-refractivity contribution in [2.75, 3.05) is 6.54 Å². The maximum Gasteiger partial charge on any atom is 0.0638 e. The quantitative estimate of drug-likeness (QED) is 0.513. The number of hydrogen-bond acceptors (Lipinski definition) is 2. The van der Waals surface area contributed by atoms with E-state index < -0.39 is 0 Å². The van der Waals surface area contributed by atoms with Crippen molar-refractivity contribution in [3.8, 4) is 6.07 Å². The van der Waals surface area contributed by atoms with Crippen molar-refractivity contribution in [1.82, 2.24) is 4.67 Å². The van der Waals surface area contributed by atoms with Gasteiger partial charge in [0.2, 0.25) is 0 Å². The first-order valence-electron chi connectivity index (χ1n) is 3.23. The molecule has 1 heterocycles. The minimum Gasteiger partial charge on any atom is -0.283 e. The minimum absolute atomic E-state index is 0.514. The smallest absolute Gasteiger partial charge is 0.0638 e. The van der Waals surface area contributed by atoms with Crippen LogP contribution in [0.1, 0.15) is 19.3 Å². The van der Waals surface area contributed by atoms with E-state index in [0.717, 1.165) is 6.54 Å². The van der Waals surface area contributed by atoms with Crippen LogP contribution >= 0.6 is 9.39 Å². The van der Waals surface area contributed by atoms with E-state index in [1.807, 2.05) is 0 Å². The average Bonchev–Trinajstić information content (AvgIpc) is 2.18. The summed E-state index contributed by atoms with van der Waals surface area (Å²) in [5.74, 6) is 0. The van der Waals surface area contributed by atoms with Gasteiger partial charge in [0, 0.05) is 12.6 Å². The van der Waals surface area contributed by atoms with Crippen molar-refractivity contribution < 1.29 is 0 Å². The Kier molecular flexibility index (Phi) is 2.45. The van der Waals surface area contributed by atoms with Crippen LogP contribution in [0.5, 0.6) is 0 Å². The first-order chi connectivity index (χ1) is 4.34. The Morgan fingerprint density at radius 2 is 2.56 bits per heavy atom. The molecule has 2 atom stereocenters. The highest BCUT2D eigenvalue weighted by Gasteiger charge is 2.19. The van der Waals surface area contributed by atoms with Crippen molar-refractivity contribution in [3.63, 3.8) is 0 Å². The van der Waals surface area contributed by atoms with E-state index in [0.29, 0.717) is 12.5 Å². The number of nitrogens with zero attached hydrogens (tertiary/aromatic N) is 2. The predicted octanol–water partition coefficient (Wildman–Crippen LogP) is 1.15. The fourth-order valence-electron chi connectivity index (χ4n) is 1.18. The molecular formula is C6H11N2P. The van der Waals surface area contributed by atoms with Gasteiger partial charge in [0.1, 0.15) is 0 Å². The second-order valence-electron chi connectivity index (χ2n) is 2.40. The summed E-state index contributed by atoms with van der Waals surface area (Å²) >= 11 is 0. The van der Waals surface area contributed by atoms with Crippen LogP contribution in [0.3, 0.4) is 0 Å². The number of rotatable bonds is 1. The third-order valence-corrected chi connectivity index (χ3v) is 2.43. The van der Waals surface area contributed by atoms with Gasteiger partial charge < -0.3 is 0 Å². The molecule has 0 aromatic rings. The van der Waals surface area contributed by atoms with E-state index in [4.69, 9.17) is 5.26 Å². The topological polar surface area (TPSA) is 27.0 Å². The number of nitriles is 1. The van der Waals surface area contributed by atoms with E-state index >= 15 is 0 Å². The van der Waals surface area contributed by atoms with Gasteiger partial charge in [-0.15, -0.1) is 0 Å². The lowest BCUT2D eigenvalue weighted by molar-refractivity contribution is 0.441. The SMILES string of the molecule is N#CCC1CCCN1P. The first-order valence-corrected chi connectivity index (χ1v) is 3.74. The molecule has 0 N–H and O–H groups in total. The Morgan fingerprint density at radius 1 is 1.78 bits per heavy atom. The molecule has 0 radical (unpaired) electrons. The molecular weight excluding hydrogens is 131 g/mol. The lowest BCUT2D eigenvalue weighted by atomic mass is 10.2. The molecule has 0 bridgehead atoms. The van der Waals surface area contributed by atoms with Crippen molar-refractivity contribution in [2.24, 2.45) is 0 Å². The number of hydrogen-bond donors (Lipinski definition) is 0. The molecule has 3 heteroatoms.